The summed E-state index contributed by atoms with van der Waals surface area (Å²) >= 11 is 4.70. The van der Waals surface area contributed by atoms with Crippen LogP contribution in [0.1, 0.15) is 54.7 Å². The van der Waals surface area contributed by atoms with Crippen molar-refractivity contribution in [3.63, 3.8) is 0 Å². The summed E-state index contributed by atoms with van der Waals surface area (Å²) in [5, 5.41) is 36.1. The maximum atomic E-state index is 15.1. The molecule has 138 heavy (non-hydrogen) atoms. The second kappa shape index (κ2) is 42.6. The summed E-state index contributed by atoms with van der Waals surface area (Å²) in [4.78, 5) is 131. The molecule has 6 saturated heterocycles. The molecule has 0 radical (unpaired) electrons. The van der Waals surface area contributed by atoms with E-state index in [-0.39, 0.29) is 47.8 Å². The number of fused-ring (bicyclic) bond motifs is 3. The van der Waals surface area contributed by atoms with Gasteiger partial charge in [0.1, 0.15) is 20.3 Å². The van der Waals surface area contributed by atoms with E-state index in [0.29, 0.717) is 191 Å². The first kappa shape index (κ1) is 94.2. The van der Waals surface area contributed by atoms with Crippen molar-refractivity contribution in [3.05, 3.63) is 199 Å². The van der Waals surface area contributed by atoms with Crippen molar-refractivity contribution in [1.29, 1.82) is 0 Å². The molecule has 16 heterocycles. The number of morpholine rings is 3. The van der Waals surface area contributed by atoms with E-state index in [4.69, 9.17) is 18.9 Å². The summed E-state index contributed by atoms with van der Waals surface area (Å²) in [5.74, 6) is 3.97. The van der Waals surface area contributed by atoms with E-state index in [0.717, 1.165) is 146 Å². The summed E-state index contributed by atoms with van der Waals surface area (Å²) in [7, 11) is 1.54. The topological polar surface area (TPSA) is 381 Å². The number of carbonyl (C=O) groups excluding carboxylic acids is 6. The van der Waals surface area contributed by atoms with Crippen LogP contribution in [-0.4, -0.2) is 342 Å². The van der Waals surface area contributed by atoms with Crippen molar-refractivity contribution in [2.24, 2.45) is 0 Å². The molecule has 3 atom stereocenters. The molecule has 9 aliphatic heterocycles. The Bertz CT molecular complexity index is 6490. The molecule has 6 N–H and O–H groups in total. The van der Waals surface area contributed by atoms with Crippen molar-refractivity contribution in [3.8, 4) is 33.5 Å². The molecule has 5 aromatic carbocycles. The lowest BCUT2D eigenvalue weighted by Gasteiger charge is -2.30. The predicted octanol–water partition coefficient (Wildman–Crippen LogP) is 10.6. The number of nitrogens with zero attached hydrogens (tertiary/aromatic N) is 19. The molecule has 12 aromatic rings. The molecule has 35 nitrogen and oxygen atoms in total. The number of nitrogens with one attached hydrogen (secondary N) is 6. The number of amides is 6. The average molecular weight is 1930 g/mol. The van der Waals surface area contributed by atoms with E-state index in [1.54, 1.807) is 95.1 Å². The van der Waals surface area contributed by atoms with Gasteiger partial charge in [0.25, 0.3) is 5.91 Å². The van der Waals surface area contributed by atoms with Gasteiger partial charge < -0.3 is 64.3 Å². The highest BCUT2D eigenvalue weighted by molar-refractivity contribution is 8.01. The zero-order valence-corrected chi connectivity index (χ0v) is 79.7. The molecule has 716 valence electrons. The quantitative estimate of drug-likeness (QED) is 0.0327. The molecule has 21 rings (SSSR count). The first-order valence-corrected chi connectivity index (χ1v) is 50.0. The number of methoxy groups -OCH3 is 1. The Hall–Kier alpha value is -12.8. The molecule has 0 aliphatic carbocycles. The van der Waals surface area contributed by atoms with Gasteiger partial charge in [-0.3, -0.25) is 58.8 Å². The Labute approximate surface area is 809 Å². The normalized spacial score (nSPS) is 20.6. The second-order valence-electron chi connectivity index (χ2n) is 35.5. The van der Waals surface area contributed by atoms with Gasteiger partial charge in [-0.25, -0.2) is 39.3 Å². The number of H-pyrrole nitrogens is 3. The number of hydrogen-bond acceptors (Lipinski definition) is 29. The van der Waals surface area contributed by atoms with Crippen molar-refractivity contribution in [2.75, 3.05) is 227 Å². The van der Waals surface area contributed by atoms with Crippen molar-refractivity contribution < 1.29 is 52.1 Å². The lowest BCUT2D eigenvalue weighted by atomic mass is 9.97. The van der Waals surface area contributed by atoms with Gasteiger partial charge in [0, 0.05) is 218 Å². The number of ether oxygens (including phenoxy) is 4. The lowest BCUT2D eigenvalue weighted by molar-refractivity contribution is -0.138. The Morgan fingerprint density at radius 1 is 0.435 bits per heavy atom. The minimum Gasteiger partial charge on any atom is -0.378 e. The molecule has 6 fully saturated rings. The van der Waals surface area contributed by atoms with E-state index in [1.165, 1.54) is 18.7 Å². The standard InChI is InChI=1S/C34H37FN8O4.C34H38N8O3S.C31H35N9O3S2/c1-46-34(33(45)38-25-4-6-29-27(20-25)32(40-39-29)43-15-17-47-18-16-43)9-14-41(22-34)21-30(44)42-12-7-23(8-13-42)26-5-3-24(19-28(26)35)31-36-10-2-11-37-31;1-46-34(33(44)37-27-7-8-29-28(21-27)32(39-38-29)42-17-19-45-20-18-42)11-16-40(23-34)22-30(43)41-14-9-25(10-15-41)24-3-5-26(6-4-24)31-35-12-2-13-36-31;1-44-31(30(42)35-22-3-4-24-23(17-22)28(37-36-24)40-13-15-43-16-14-40)7-12-38(20-31)19-26(41)39-10-5-21(6-11-39)29-34-18-25(45-29)27-32-8-2-9-33-27/h2-7,10-11,19-20H,8-9,12-18,21-22H2,1H3,(H,38,45)(H,39,40);2-9,12-13,21H,10-11,14-20,22-23H2,1H3,(H,37,44)(H,38,39);2-5,8-9,17-18H,6-7,10-16,19-20H2,1H3,(H,35,42)(H,36,37)/t2*34-;31-/m000/s1. The summed E-state index contributed by atoms with van der Waals surface area (Å²) in [6.45, 7) is 16.1. The zero-order chi connectivity index (χ0) is 94.7. The Morgan fingerprint density at radius 2 is 0.826 bits per heavy atom. The fraction of sp³-hybridized carbons (Fsp3) is 0.394. The van der Waals surface area contributed by atoms with Crippen LogP contribution in [0.15, 0.2) is 177 Å². The van der Waals surface area contributed by atoms with Crippen LogP contribution >= 0.6 is 34.9 Å². The van der Waals surface area contributed by atoms with E-state index in [9.17, 15) is 28.8 Å². The maximum absolute atomic E-state index is 15.1. The Morgan fingerprint density at radius 3 is 1.25 bits per heavy atom. The molecule has 6 amide bonds. The number of benzene rings is 5. The van der Waals surface area contributed by atoms with E-state index < -0.39 is 15.1 Å². The van der Waals surface area contributed by atoms with E-state index in [2.05, 4.69) is 130 Å². The van der Waals surface area contributed by atoms with Crippen LogP contribution in [0, 0.1) is 5.82 Å². The summed E-state index contributed by atoms with van der Waals surface area (Å²) in [6, 6.07) is 36.0. The number of rotatable bonds is 24. The van der Waals surface area contributed by atoms with Crippen LogP contribution < -0.4 is 30.7 Å². The molecule has 0 unspecified atom stereocenters. The van der Waals surface area contributed by atoms with E-state index in [1.807, 2.05) is 118 Å². The SMILES string of the molecule is CO[C@@]1(C(=O)Nc2ccc3[nH]nc(N4CCOCC4)c3c2)CCN(CC(=O)N2CC=C(c3ccc(-c4ncccn4)cc3F)CC2)C1.CS[C@@]1(C(=O)Nc2ccc3[nH]nc(N4CCOCC4)c3c2)CCN(CC(=O)N2CC=C(c3ccc(-c4ncccn4)cc3)CC2)C1.CS[C@@]1(C(=O)Nc2ccc3[nH]nc(N4CCOCC4)c3c2)CCN(CC(=O)N2CC=C(c3ncc(-c4ncccn4)s3)CC2)C1. The first-order valence-electron chi connectivity index (χ1n) is 46.7. The van der Waals surface area contributed by atoms with Gasteiger partial charge in [-0.15, -0.1) is 34.9 Å². The van der Waals surface area contributed by atoms with Crippen LogP contribution in [0.3, 0.4) is 0 Å². The van der Waals surface area contributed by atoms with Crippen LogP contribution in [-0.2, 0) is 47.7 Å². The molecule has 0 saturated carbocycles. The number of hydrogen-bond donors (Lipinski definition) is 6. The Kier molecular flexibility index (Phi) is 29.1. The van der Waals surface area contributed by atoms with Gasteiger partial charge in [0.05, 0.1) is 80.7 Å². The van der Waals surface area contributed by atoms with Crippen LogP contribution in [0.5, 0.6) is 0 Å². The average Bonchev–Trinajstić information content (AvgIpc) is 1.63. The number of thiazole rings is 1. The van der Waals surface area contributed by atoms with Crippen LogP contribution in [0.25, 0.3) is 82.9 Å². The van der Waals surface area contributed by atoms with Gasteiger partial charge in [-0.2, -0.15) is 15.3 Å². The molecule has 0 spiro atoms. The van der Waals surface area contributed by atoms with Gasteiger partial charge in [-0.05, 0) is 152 Å². The molecule has 7 aromatic heterocycles. The molecule has 0 bridgehead atoms. The van der Waals surface area contributed by atoms with E-state index >= 15 is 4.39 Å². The third-order valence-electron chi connectivity index (χ3n) is 27.2. The minimum absolute atomic E-state index is 0.0268. The largest absolute Gasteiger partial charge is 0.378 e. The fourth-order valence-electron chi connectivity index (χ4n) is 19.2. The Balaban J connectivity index is 0.000000132. The molecule has 39 heteroatoms. The highest BCUT2D eigenvalue weighted by Crippen LogP contribution is 2.41. The number of anilines is 6. The number of carbonyl (C=O) groups is 6. The molecule has 9 aliphatic rings. The van der Waals surface area contributed by atoms with Gasteiger partial charge in [-0.1, -0.05) is 54.6 Å². The number of aromatic nitrogens is 13. The first-order chi connectivity index (χ1) is 67.4. The van der Waals surface area contributed by atoms with Crippen LogP contribution in [0.2, 0.25) is 0 Å². The van der Waals surface area contributed by atoms with Gasteiger partial charge in [0.2, 0.25) is 29.5 Å². The van der Waals surface area contributed by atoms with Crippen LogP contribution in [0.4, 0.5) is 38.9 Å². The van der Waals surface area contributed by atoms with Crippen molar-refractivity contribution >= 4 is 154 Å². The highest BCUT2D eigenvalue weighted by atomic mass is 32.2. The predicted molar refractivity (Wildman–Crippen MR) is 534 cm³/mol. The summed E-state index contributed by atoms with van der Waals surface area (Å²) < 4.78 is 36.1. The van der Waals surface area contributed by atoms with Crippen molar-refractivity contribution in [1.82, 2.24) is 94.9 Å². The van der Waals surface area contributed by atoms with Gasteiger partial charge >= 0.3 is 0 Å². The lowest BCUT2D eigenvalue weighted by Crippen LogP contribution is -2.48. The monoisotopic (exact) mass is 1920 g/mol. The fourth-order valence-corrected chi connectivity index (χ4v) is 21.8. The maximum Gasteiger partial charge on any atom is 0.258 e. The zero-order valence-electron chi connectivity index (χ0n) is 77.3. The smallest absolute Gasteiger partial charge is 0.258 e. The highest BCUT2D eigenvalue weighted by Gasteiger charge is 2.49. The molecular weight excluding hydrogens is 1810 g/mol. The summed E-state index contributed by atoms with van der Waals surface area (Å²) in [6.07, 6.45) is 26.1. The van der Waals surface area contributed by atoms with Gasteiger partial charge in [0.15, 0.2) is 40.5 Å². The molecular formula is C99H110FN25O10S3. The summed E-state index contributed by atoms with van der Waals surface area (Å²) in [5.41, 5.74) is 10.3. The third kappa shape index (κ3) is 21.1. The number of likely N-dealkylation sites (tertiary alicyclic amines) is 3. The third-order valence-corrected chi connectivity index (χ3v) is 30.9. The number of aromatic amines is 3. The van der Waals surface area contributed by atoms with Crippen molar-refractivity contribution in [2.45, 2.75) is 53.6 Å². The number of halogens is 1. The minimum atomic E-state index is -1.08. The second-order valence-corrected chi connectivity index (χ2v) is 38.9. The number of thioether (sulfide) groups is 2.